The van der Waals surface area contributed by atoms with Gasteiger partial charge in [-0.1, -0.05) is 0 Å². The van der Waals surface area contributed by atoms with Crippen LogP contribution in [0.3, 0.4) is 0 Å². The number of aromatic nitrogens is 1. The van der Waals surface area contributed by atoms with Crippen molar-refractivity contribution in [3.8, 4) is 0 Å². The number of rotatable bonds is 2. The standard InChI is InChI=1S/C11H10Br2N2O2/c1-5-2-6(11(14)15-4-5)9(16)8-3-7(12)10(13)17-8/h2-4,9,16H,1H3,(H2,14,15). The topological polar surface area (TPSA) is 72.3 Å². The molecule has 0 amide bonds. The Morgan fingerprint density at radius 2 is 2.12 bits per heavy atom. The van der Waals surface area contributed by atoms with Crippen molar-refractivity contribution >= 4 is 37.7 Å². The zero-order valence-electron chi connectivity index (χ0n) is 8.95. The summed E-state index contributed by atoms with van der Waals surface area (Å²) >= 11 is 6.51. The minimum absolute atomic E-state index is 0.298. The number of nitrogens with zero attached hydrogens (tertiary/aromatic N) is 1. The van der Waals surface area contributed by atoms with Crippen LogP contribution in [0.2, 0.25) is 0 Å². The van der Waals surface area contributed by atoms with Gasteiger partial charge in [0.2, 0.25) is 0 Å². The van der Waals surface area contributed by atoms with E-state index in [1.165, 1.54) is 0 Å². The summed E-state index contributed by atoms with van der Waals surface area (Å²) < 4.78 is 6.64. The van der Waals surface area contributed by atoms with Gasteiger partial charge in [0.15, 0.2) is 4.67 Å². The van der Waals surface area contributed by atoms with Crippen molar-refractivity contribution in [1.29, 1.82) is 0 Å². The summed E-state index contributed by atoms with van der Waals surface area (Å²) in [5.74, 6) is 0.703. The highest BCUT2D eigenvalue weighted by Crippen LogP contribution is 2.33. The molecule has 90 valence electrons. The van der Waals surface area contributed by atoms with E-state index in [2.05, 4.69) is 36.8 Å². The molecular formula is C11H10Br2N2O2. The molecule has 1 unspecified atom stereocenters. The quantitative estimate of drug-likeness (QED) is 0.861. The van der Waals surface area contributed by atoms with Gasteiger partial charge in [0.05, 0.1) is 4.47 Å². The number of hydrogen-bond acceptors (Lipinski definition) is 4. The minimum Gasteiger partial charge on any atom is -0.450 e. The van der Waals surface area contributed by atoms with Gasteiger partial charge in [-0.05, 0) is 56.5 Å². The van der Waals surface area contributed by atoms with E-state index in [0.29, 0.717) is 21.8 Å². The Morgan fingerprint density at radius 1 is 1.41 bits per heavy atom. The van der Waals surface area contributed by atoms with Crippen molar-refractivity contribution in [1.82, 2.24) is 4.98 Å². The maximum atomic E-state index is 10.2. The second kappa shape index (κ2) is 4.80. The van der Waals surface area contributed by atoms with Crippen LogP contribution in [-0.2, 0) is 0 Å². The molecule has 4 nitrogen and oxygen atoms in total. The van der Waals surface area contributed by atoms with Gasteiger partial charge >= 0.3 is 0 Å². The largest absolute Gasteiger partial charge is 0.450 e. The predicted molar refractivity (Wildman–Crippen MR) is 71.6 cm³/mol. The lowest BCUT2D eigenvalue weighted by atomic mass is 10.1. The van der Waals surface area contributed by atoms with Crippen molar-refractivity contribution in [3.05, 3.63) is 44.4 Å². The molecule has 0 aliphatic rings. The Balaban J connectivity index is 2.42. The van der Waals surface area contributed by atoms with Crippen LogP contribution in [0.25, 0.3) is 0 Å². The van der Waals surface area contributed by atoms with Crippen LogP contribution in [0.15, 0.2) is 31.9 Å². The van der Waals surface area contributed by atoms with E-state index in [1.54, 1.807) is 18.3 Å². The number of hydrogen-bond donors (Lipinski definition) is 2. The first kappa shape index (κ1) is 12.6. The van der Waals surface area contributed by atoms with E-state index in [4.69, 9.17) is 10.2 Å². The zero-order chi connectivity index (χ0) is 12.6. The van der Waals surface area contributed by atoms with Crippen LogP contribution in [0.5, 0.6) is 0 Å². The predicted octanol–water partition coefficient (Wildman–Crippen LogP) is 3.17. The molecule has 2 heterocycles. The van der Waals surface area contributed by atoms with Crippen molar-refractivity contribution in [2.45, 2.75) is 13.0 Å². The second-order valence-electron chi connectivity index (χ2n) is 3.66. The van der Waals surface area contributed by atoms with Gasteiger partial charge in [0.25, 0.3) is 0 Å². The third-order valence-electron chi connectivity index (χ3n) is 2.31. The van der Waals surface area contributed by atoms with Crippen LogP contribution in [0, 0.1) is 6.92 Å². The molecule has 0 bridgehead atoms. The summed E-state index contributed by atoms with van der Waals surface area (Å²) in [5.41, 5.74) is 7.21. The average molecular weight is 362 g/mol. The van der Waals surface area contributed by atoms with Gasteiger partial charge in [0.1, 0.15) is 17.7 Å². The Kier molecular flexibility index (Phi) is 3.56. The maximum Gasteiger partial charge on any atom is 0.183 e. The Labute approximate surface area is 115 Å². The third kappa shape index (κ3) is 2.53. The highest BCUT2D eigenvalue weighted by atomic mass is 79.9. The van der Waals surface area contributed by atoms with Gasteiger partial charge in [0, 0.05) is 11.8 Å². The number of aliphatic hydroxyl groups excluding tert-OH is 1. The number of anilines is 1. The van der Waals surface area contributed by atoms with Crippen molar-refractivity contribution in [2.24, 2.45) is 0 Å². The van der Waals surface area contributed by atoms with Crippen LogP contribution in [0.4, 0.5) is 5.82 Å². The summed E-state index contributed by atoms with van der Waals surface area (Å²) in [6.07, 6.45) is 0.726. The number of pyridine rings is 1. The van der Waals surface area contributed by atoms with Crippen LogP contribution >= 0.6 is 31.9 Å². The lowest BCUT2D eigenvalue weighted by Gasteiger charge is -2.10. The van der Waals surface area contributed by atoms with E-state index in [1.807, 2.05) is 6.92 Å². The van der Waals surface area contributed by atoms with Crippen molar-refractivity contribution in [3.63, 3.8) is 0 Å². The van der Waals surface area contributed by atoms with E-state index < -0.39 is 6.10 Å². The number of aliphatic hydroxyl groups is 1. The van der Waals surface area contributed by atoms with E-state index in [-0.39, 0.29) is 0 Å². The molecular weight excluding hydrogens is 352 g/mol. The third-order valence-corrected chi connectivity index (χ3v) is 4.02. The molecule has 0 spiro atoms. The normalized spacial score (nSPS) is 12.7. The fourth-order valence-electron chi connectivity index (χ4n) is 1.47. The smallest absolute Gasteiger partial charge is 0.183 e. The fraction of sp³-hybridized carbons (Fsp3) is 0.182. The fourth-order valence-corrected chi connectivity index (χ4v) is 2.08. The van der Waals surface area contributed by atoms with Gasteiger partial charge in [-0.2, -0.15) is 0 Å². The van der Waals surface area contributed by atoms with Crippen LogP contribution < -0.4 is 5.73 Å². The summed E-state index contributed by atoms with van der Waals surface area (Å²) in [4.78, 5) is 4.01. The number of aryl methyl sites for hydroxylation is 1. The molecule has 2 aromatic rings. The van der Waals surface area contributed by atoms with Gasteiger partial charge in [-0.15, -0.1) is 0 Å². The van der Waals surface area contributed by atoms with Gasteiger partial charge < -0.3 is 15.3 Å². The maximum absolute atomic E-state index is 10.2. The molecule has 0 saturated carbocycles. The first-order chi connectivity index (χ1) is 7.99. The minimum atomic E-state index is -0.926. The van der Waals surface area contributed by atoms with E-state index in [9.17, 15) is 5.11 Å². The first-order valence-corrected chi connectivity index (χ1v) is 6.42. The number of nitrogen functional groups attached to an aromatic ring is 1. The Hall–Kier alpha value is -0.850. The molecule has 1 atom stereocenters. The van der Waals surface area contributed by atoms with Crippen LogP contribution in [0.1, 0.15) is 23.0 Å². The van der Waals surface area contributed by atoms with Gasteiger partial charge in [-0.3, -0.25) is 0 Å². The van der Waals surface area contributed by atoms with E-state index >= 15 is 0 Å². The summed E-state index contributed by atoms with van der Waals surface area (Å²) in [6.45, 7) is 1.89. The average Bonchev–Trinajstić information content (AvgIpc) is 2.62. The molecule has 0 radical (unpaired) electrons. The lowest BCUT2D eigenvalue weighted by molar-refractivity contribution is 0.188. The molecule has 0 saturated heterocycles. The number of nitrogens with two attached hydrogens (primary N) is 1. The highest BCUT2D eigenvalue weighted by molar-refractivity contribution is 9.13. The monoisotopic (exact) mass is 360 g/mol. The molecule has 6 heteroatoms. The Bertz CT molecular complexity index is 535. The SMILES string of the molecule is Cc1cnc(N)c(C(O)c2cc(Br)c(Br)o2)c1. The summed E-state index contributed by atoms with van der Waals surface area (Å²) in [6, 6.07) is 3.48. The molecule has 2 rings (SSSR count). The summed E-state index contributed by atoms with van der Waals surface area (Å²) in [5, 5.41) is 10.2. The second-order valence-corrected chi connectivity index (χ2v) is 5.23. The van der Waals surface area contributed by atoms with Crippen molar-refractivity contribution < 1.29 is 9.52 Å². The molecule has 0 fully saturated rings. The highest BCUT2D eigenvalue weighted by Gasteiger charge is 2.19. The van der Waals surface area contributed by atoms with Gasteiger partial charge in [-0.25, -0.2) is 4.98 Å². The molecule has 0 aromatic carbocycles. The lowest BCUT2D eigenvalue weighted by Crippen LogP contribution is -2.05. The van der Waals surface area contributed by atoms with E-state index in [0.717, 1.165) is 10.0 Å². The van der Waals surface area contributed by atoms with Crippen molar-refractivity contribution in [2.75, 3.05) is 5.73 Å². The Morgan fingerprint density at radius 3 is 2.71 bits per heavy atom. The molecule has 2 aromatic heterocycles. The molecule has 0 aliphatic heterocycles. The summed E-state index contributed by atoms with van der Waals surface area (Å²) in [7, 11) is 0. The number of furan rings is 1. The molecule has 0 aliphatic carbocycles. The zero-order valence-corrected chi connectivity index (χ0v) is 12.1. The van der Waals surface area contributed by atoms with Crippen LogP contribution in [-0.4, -0.2) is 10.1 Å². The molecule has 17 heavy (non-hydrogen) atoms. The number of halogens is 2. The molecule has 3 N–H and O–H groups in total. The first-order valence-electron chi connectivity index (χ1n) is 4.84.